The minimum atomic E-state index is 0.224. The summed E-state index contributed by atoms with van der Waals surface area (Å²) in [5.74, 6) is 1.91. The molecule has 0 heterocycles. The van der Waals surface area contributed by atoms with E-state index in [0.29, 0.717) is 5.92 Å². The van der Waals surface area contributed by atoms with Gasteiger partial charge in [0.25, 0.3) is 0 Å². The number of carbonyl (C=O) groups excluding carboxylic acids is 1. The summed E-state index contributed by atoms with van der Waals surface area (Å²) >= 11 is 0. The second kappa shape index (κ2) is 4.87. The minimum absolute atomic E-state index is 0.224. The largest absolute Gasteiger partial charge is 0.376 e. The number of nitrogens with zero attached hydrogens (tertiary/aromatic N) is 1. The van der Waals surface area contributed by atoms with E-state index in [2.05, 4.69) is 5.32 Å². The fourth-order valence-corrected chi connectivity index (χ4v) is 3.76. The van der Waals surface area contributed by atoms with Gasteiger partial charge in [0.05, 0.1) is 11.4 Å². The highest BCUT2D eigenvalue weighted by Crippen LogP contribution is 2.48. The van der Waals surface area contributed by atoms with Gasteiger partial charge in [0, 0.05) is 20.0 Å². The molecule has 102 valence electrons. The first-order valence-electron chi connectivity index (χ1n) is 7.22. The summed E-state index contributed by atoms with van der Waals surface area (Å²) in [5.41, 5.74) is 2.00. The van der Waals surface area contributed by atoms with Gasteiger partial charge in [0.15, 0.2) is 0 Å². The summed E-state index contributed by atoms with van der Waals surface area (Å²) in [7, 11) is 4.00. The van der Waals surface area contributed by atoms with E-state index in [1.54, 1.807) is 0 Å². The van der Waals surface area contributed by atoms with Crippen LogP contribution in [0.2, 0.25) is 0 Å². The Bertz CT molecular complexity index is 483. The third kappa shape index (κ3) is 2.34. The number of amides is 1. The Labute approximate surface area is 115 Å². The van der Waals surface area contributed by atoms with Crippen LogP contribution in [-0.2, 0) is 4.79 Å². The summed E-state index contributed by atoms with van der Waals surface area (Å²) in [4.78, 5) is 14.5. The fourth-order valence-electron chi connectivity index (χ4n) is 3.76. The number of fused-ring (bicyclic) bond motifs is 2. The standard InChI is InChI=1S/C16H22N2O/c1-18(2)15-6-4-3-5-14(15)17-16(19)13-10-11-7-8-12(13)9-11/h3-6,11-13H,7-10H2,1-2H3,(H,17,19). The molecule has 2 saturated carbocycles. The zero-order valence-electron chi connectivity index (χ0n) is 11.7. The molecule has 3 nitrogen and oxygen atoms in total. The van der Waals surface area contributed by atoms with Crippen molar-refractivity contribution >= 4 is 17.3 Å². The third-order valence-electron chi connectivity index (χ3n) is 4.72. The Morgan fingerprint density at radius 2 is 2.00 bits per heavy atom. The maximum absolute atomic E-state index is 12.4. The lowest BCUT2D eigenvalue weighted by atomic mass is 9.88. The molecule has 0 radical (unpaired) electrons. The van der Waals surface area contributed by atoms with Gasteiger partial charge in [-0.3, -0.25) is 4.79 Å². The lowest BCUT2D eigenvalue weighted by Crippen LogP contribution is -2.28. The molecule has 3 rings (SSSR count). The van der Waals surface area contributed by atoms with Gasteiger partial charge >= 0.3 is 0 Å². The molecule has 2 bridgehead atoms. The third-order valence-corrected chi connectivity index (χ3v) is 4.72. The summed E-state index contributed by atoms with van der Waals surface area (Å²) in [5, 5.41) is 3.14. The van der Waals surface area contributed by atoms with Crippen LogP contribution in [0.15, 0.2) is 24.3 Å². The predicted molar refractivity (Wildman–Crippen MR) is 78.3 cm³/mol. The molecular formula is C16H22N2O. The minimum Gasteiger partial charge on any atom is -0.376 e. The smallest absolute Gasteiger partial charge is 0.227 e. The average Bonchev–Trinajstić information content (AvgIpc) is 3.01. The molecule has 0 aromatic heterocycles. The van der Waals surface area contributed by atoms with E-state index >= 15 is 0 Å². The van der Waals surface area contributed by atoms with Crippen LogP contribution >= 0.6 is 0 Å². The highest BCUT2D eigenvalue weighted by atomic mass is 16.1. The normalized spacial score (nSPS) is 28.4. The van der Waals surface area contributed by atoms with Crippen molar-refractivity contribution < 1.29 is 4.79 Å². The molecule has 19 heavy (non-hydrogen) atoms. The van der Waals surface area contributed by atoms with Crippen LogP contribution in [-0.4, -0.2) is 20.0 Å². The summed E-state index contributed by atoms with van der Waals surface area (Å²) < 4.78 is 0. The van der Waals surface area contributed by atoms with Crippen LogP contribution in [0, 0.1) is 17.8 Å². The van der Waals surface area contributed by atoms with Crippen molar-refractivity contribution in [3.63, 3.8) is 0 Å². The molecule has 0 aliphatic heterocycles. The quantitative estimate of drug-likeness (QED) is 0.903. The van der Waals surface area contributed by atoms with Gasteiger partial charge in [-0.05, 0) is 43.2 Å². The highest BCUT2D eigenvalue weighted by molar-refractivity contribution is 5.96. The van der Waals surface area contributed by atoms with E-state index in [1.807, 2.05) is 43.3 Å². The Kier molecular flexibility index (Phi) is 3.21. The monoisotopic (exact) mass is 258 g/mol. The van der Waals surface area contributed by atoms with Gasteiger partial charge in [-0.25, -0.2) is 0 Å². The van der Waals surface area contributed by atoms with Crippen molar-refractivity contribution in [2.24, 2.45) is 17.8 Å². The van der Waals surface area contributed by atoms with Gasteiger partial charge in [0.2, 0.25) is 5.91 Å². The number of nitrogens with one attached hydrogen (secondary N) is 1. The number of hydrogen-bond acceptors (Lipinski definition) is 2. The summed E-state index contributed by atoms with van der Waals surface area (Å²) in [6.45, 7) is 0. The molecule has 1 N–H and O–H groups in total. The first-order chi connectivity index (χ1) is 9.15. The molecule has 2 aliphatic carbocycles. The van der Waals surface area contributed by atoms with Gasteiger partial charge < -0.3 is 10.2 Å². The van der Waals surface area contributed by atoms with Crippen LogP contribution in [0.25, 0.3) is 0 Å². The second-order valence-electron chi connectivity index (χ2n) is 6.18. The van der Waals surface area contributed by atoms with Crippen LogP contribution in [0.5, 0.6) is 0 Å². The average molecular weight is 258 g/mol. The number of hydrogen-bond donors (Lipinski definition) is 1. The summed E-state index contributed by atoms with van der Waals surface area (Å²) in [6.07, 6.45) is 4.95. The molecule has 3 heteroatoms. The van der Waals surface area contributed by atoms with E-state index in [4.69, 9.17) is 0 Å². The first kappa shape index (κ1) is 12.5. The molecule has 2 aliphatic rings. The number of anilines is 2. The zero-order chi connectivity index (χ0) is 13.4. The Morgan fingerprint density at radius 3 is 2.63 bits per heavy atom. The highest BCUT2D eigenvalue weighted by Gasteiger charge is 2.43. The predicted octanol–water partition coefficient (Wildman–Crippen LogP) is 3.13. The van der Waals surface area contributed by atoms with Gasteiger partial charge in [-0.2, -0.15) is 0 Å². The van der Waals surface area contributed by atoms with Crippen LogP contribution in [0.4, 0.5) is 11.4 Å². The van der Waals surface area contributed by atoms with Crippen molar-refractivity contribution in [3.8, 4) is 0 Å². The van der Waals surface area contributed by atoms with E-state index in [-0.39, 0.29) is 11.8 Å². The first-order valence-corrected chi connectivity index (χ1v) is 7.22. The number of carbonyl (C=O) groups is 1. The van der Waals surface area contributed by atoms with Gasteiger partial charge in [-0.1, -0.05) is 18.6 Å². The maximum atomic E-state index is 12.4. The second-order valence-corrected chi connectivity index (χ2v) is 6.18. The van der Waals surface area contributed by atoms with Crippen molar-refractivity contribution in [1.82, 2.24) is 0 Å². The van der Waals surface area contributed by atoms with Crippen LogP contribution < -0.4 is 10.2 Å². The lowest BCUT2D eigenvalue weighted by molar-refractivity contribution is -0.121. The fraction of sp³-hybridized carbons (Fsp3) is 0.562. The SMILES string of the molecule is CN(C)c1ccccc1NC(=O)C1CC2CCC1C2. The zero-order valence-corrected chi connectivity index (χ0v) is 11.7. The molecule has 1 amide bonds. The number of para-hydroxylation sites is 2. The number of rotatable bonds is 3. The van der Waals surface area contributed by atoms with Crippen LogP contribution in [0.3, 0.4) is 0 Å². The van der Waals surface area contributed by atoms with Crippen molar-refractivity contribution in [2.75, 3.05) is 24.3 Å². The maximum Gasteiger partial charge on any atom is 0.227 e. The summed E-state index contributed by atoms with van der Waals surface area (Å²) in [6, 6.07) is 8.00. The van der Waals surface area contributed by atoms with Crippen molar-refractivity contribution in [1.29, 1.82) is 0 Å². The van der Waals surface area contributed by atoms with Crippen LogP contribution in [0.1, 0.15) is 25.7 Å². The molecule has 0 spiro atoms. The number of benzene rings is 1. The topological polar surface area (TPSA) is 32.3 Å². The molecule has 1 aromatic carbocycles. The molecule has 3 atom stereocenters. The van der Waals surface area contributed by atoms with Crippen molar-refractivity contribution in [2.45, 2.75) is 25.7 Å². The molecular weight excluding hydrogens is 236 g/mol. The van der Waals surface area contributed by atoms with Crippen molar-refractivity contribution in [3.05, 3.63) is 24.3 Å². The van der Waals surface area contributed by atoms with Gasteiger partial charge in [-0.15, -0.1) is 0 Å². The van der Waals surface area contributed by atoms with E-state index < -0.39 is 0 Å². The molecule has 0 saturated heterocycles. The van der Waals surface area contributed by atoms with E-state index in [0.717, 1.165) is 23.7 Å². The van der Waals surface area contributed by atoms with Gasteiger partial charge in [0.1, 0.15) is 0 Å². The lowest BCUT2D eigenvalue weighted by Gasteiger charge is -2.23. The molecule has 1 aromatic rings. The Morgan fingerprint density at radius 1 is 1.21 bits per heavy atom. The molecule has 2 fully saturated rings. The van der Waals surface area contributed by atoms with E-state index in [9.17, 15) is 4.79 Å². The molecule has 3 unspecified atom stereocenters. The Balaban J connectivity index is 1.73. The Hall–Kier alpha value is -1.51. The van der Waals surface area contributed by atoms with E-state index in [1.165, 1.54) is 19.3 Å².